The molecule has 0 aliphatic rings. The van der Waals surface area contributed by atoms with E-state index in [1.54, 1.807) is 43.1 Å². The number of rotatable bonds is 5. The van der Waals surface area contributed by atoms with Crippen LogP contribution in [0.3, 0.4) is 0 Å². The minimum Gasteiger partial charge on any atom is -0.396 e. The minimum atomic E-state index is -0.576. The molecule has 1 radical (unpaired) electrons. The number of alkyl halides is 6. The first-order chi connectivity index (χ1) is 30.9. The topological polar surface area (TPSA) is 337 Å². The molecule has 0 bridgehead atoms. The third-order valence-corrected chi connectivity index (χ3v) is 6.90. The number of hydrogen-bond acceptors (Lipinski definition) is 17. The molecule has 29 heteroatoms. The van der Waals surface area contributed by atoms with Crippen molar-refractivity contribution in [3.63, 3.8) is 0 Å². The maximum atomic E-state index is 10.7. The summed E-state index contributed by atoms with van der Waals surface area (Å²) in [5, 5.41) is 31.0. The Balaban J connectivity index is -0.000000744. The molecule has 0 saturated carbocycles. The number of nitrogens with two attached hydrogens (primary N) is 5. The molecular weight excluding hydrogens is 1770 g/mol. The van der Waals surface area contributed by atoms with E-state index in [-0.39, 0.29) is 52.7 Å². The van der Waals surface area contributed by atoms with E-state index >= 15 is 0 Å². The Hall–Kier alpha value is -1.73. The summed E-state index contributed by atoms with van der Waals surface area (Å²) in [6.07, 6.45) is 17.5. The van der Waals surface area contributed by atoms with Crippen molar-refractivity contribution in [3.05, 3.63) is 144 Å². The van der Waals surface area contributed by atoms with Crippen LogP contribution in [-0.4, -0.2) is 50.5 Å². The second-order valence-electron chi connectivity index (χ2n) is 11.3. The van der Waals surface area contributed by atoms with Gasteiger partial charge in [-0.1, -0.05) is 155 Å². The maximum absolute atomic E-state index is 10.7. The molecule has 0 saturated heterocycles. The number of hydrogen-bond donors (Lipinski definition) is 5. The molecule has 0 aliphatic carbocycles. The fraction of sp³-hybridized carbons (Fsp3) is 0.184. The normalized spacial score (nSPS) is 9.39. The third kappa shape index (κ3) is 32.7. The zero-order valence-corrected chi connectivity index (χ0v) is 53.6. The van der Waals surface area contributed by atoms with Gasteiger partial charge in [-0.05, 0) is 52.4 Å². The molecule has 0 atom stereocenters. The van der Waals surface area contributed by atoms with Crippen molar-refractivity contribution in [2.45, 2.75) is 29.1 Å². The molecule has 67 heavy (non-hydrogen) atoms. The van der Waals surface area contributed by atoms with Crippen LogP contribution in [0.2, 0.25) is 0 Å². The number of anilines is 5. The number of nitrogens with zero attached hydrogens (tertiary/aromatic N) is 9. The van der Waals surface area contributed by atoms with Crippen molar-refractivity contribution in [2.24, 2.45) is 0 Å². The molecular formula is C38H43BrI7N14O6V-. The van der Waals surface area contributed by atoms with E-state index in [2.05, 4.69) is 225 Å². The molecule has 6 rings (SSSR count). The standard InChI is InChI=1S/C10H8N4O2.C10H10N4.C5H4BrN3O2.C5H5N3O2.C2H3I3.C2H4I2.C2H5I.C2H4I.V/c11-10-8(7-2-1-3-12-4-7)5-13-6-9(10)14(15)16;11-9-6-14-5-8(10(9)12)7-2-1-3-13-4-7;6-3-1-8-2-4(5(3)7)9(10)11;6-4-1-2-7-3-5(4)8(9)10;1-2(3,4)5;1-2(3)4;2*1-2-3;/h1-6H,(H2,11,13);1-6H,11H2,(H2,12,14);1-2H,(H2,7,8);1-3H,(H2,6,7);1H3;2H,1H3;2H2,1H3;2H,1H3;/q;;;;;;;-1;. The minimum absolute atomic E-state index is 0. The first-order valence-electron chi connectivity index (χ1n) is 17.7. The summed E-state index contributed by atoms with van der Waals surface area (Å²) < 4.78 is 4.81. The summed E-state index contributed by atoms with van der Waals surface area (Å²) in [6, 6.07) is 8.65. The maximum Gasteiger partial charge on any atom is 0.311 e. The zero-order chi connectivity index (χ0) is 51.0. The zero-order valence-electron chi connectivity index (χ0n) is 35.5. The van der Waals surface area contributed by atoms with Gasteiger partial charge in [-0.2, -0.15) is 6.92 Å². The Labute approximate surface area is 503 Å². The fourth-order valence-corrected chi connectivity index (χ4v) is 4.05. The molecule has 363 valence electrons. The van der Waals surface area contributed by atoms with Crippen LogP contribution in [0.5, 0.6) is 0 Å². The van der Waals surface area contributed by atoms with Crippen molar-refractivity contribution >= 4 is 220 Å². The van der Waals surface area contributed by atoms with Crippen LogP contribution in [-0.2, 0) is 18.6 Å². The molecule has 6 aromatic heterocycles. The van der Waals surface area contributed by atoms with E-state index in [4.69, 9.17) is 28.7 Å². The molecule has 0 unspecified atom stereocenters. The van der Waals surface area contributed by atoms with E-state index in [9.17, 15) is 30.3 Å². The summed E-state index contributed by atoms with van der Waals surface area (Å²) in [4.78, 5) is 52.2. The number of aromatic nitrogens is 6. The number of nitro groups is 3. The van der Waals surface area contributed by atoms with Crippen molar-refractivity contribution in [1.29, 1.82) is 0 Å². The van der Waals surface area contributed by atoms with Crippen LogP contribution < -0.4 is 28.7 Å². The van der Waals surface area contributed by atoms with Gasteiger partial charge in [0, 0.05) is 90.4 Å². The summed E-state index contributed by atoms with van der Waals surface area (Å²) in [7, 11) is 0. The van der Waals surface area contributed by atoms with Crippen LogP contribution in [0, 0.1) is 34.8 Å². The van der Waals surface area contributed by atoms with Crippen LogP contribution in [0.15, 0.2) is 109 Å². The molecule has 6 aromatic rings. The smallest absolute Gasteiger partial charge is 0.311 e. The predicted octanol–water partition coefficient (Wildman–Crippen LogP) is 13.1. The molecule has 0 spiro atoms. The van der Waals surface area contributed by atoms with Gasteiger partial charge in [-0.25, -0.2) is 0 Å². The Morgan fingerprint density at radius 2 is 0.985 bits per heavy atom. The summed E-state index contributed by atoms with van der Waals surface area (Å²) in [5.74, 6) is 0. The van der Waals surface area contributed by atoms with Crippen molar-refractivity contribution in [1.82, 2.24) is 29.9 Å². The van der Waals surface area contributed by atoms with Crippen molar-refractivity contribution < 1.29 is 33.3 Å². The van der Waals surface area contributed by atoms with Crippen LogP contribution >= 0.6 is 174 Å². The number of pyridine rings is 6. The summed E-state index contributed by atoms with van der Waals surface area (Å²) >= 11 is 19.2. The van der Waals surface area contributed by atoms with Gasteiger partial charge in [0.2, 0.25) is 0 Å². The monoisotopic (exact) mass is 1810 g/mol. The van der Waals surface area contributed by atoms with E-state index < -0.39 is 14.8 Å². The Kier molecular flexibility index (Phi) is 41.4. The second kappa shape index (κ2) is 39.9. The molecule has 0 fully saturated rings. The quantitative estimate of drug-likeness (QED) is 0.0352. The molecule has 0 amide bonds. The molecule has 20 nitrogen and oxygen atoms in total. The Morgan fingerprint density at radius 1 is 0.642 bits per heavy atom. The SMILES string of the molecule is CC(I)(I)I.CC(I)I.CCI.C[CH-]I.Nc1c(-c2cccnc2)cncc1[N+](=O)[O-].Nc1c(Br)cncc1[N+](=O)[O-].Nc1ccncc1[N+](=O)[O-].Nc1cncc(-c2cccnc2)c1N.[V]. The van der Waals surface area contributed by atoms with Gasteiger partial charge in [0.25, 0.3) is 0 Å². The van der Waals surface area contributed by atoms with E-state index in [0.29, 0.717) is 26.4 Å². The Bertz CT molecular complexity index is 2340. The summed E-state index contributed by atoms with van der Waals surface area (Å²) in [5.41, 5.74) is 31.6. The van der Waals surface area contributed by atoms with E-state index in [1.165, 1.54) is 35.3 Å². The average molecular weight is 1810 g/mol. The van der Waals surface area contributed by atoms with Gasteiger partial charge in [0.05, 0.1) is 38.7 Å². The van der Waals surface area contributed by atoms with Gasteiger partial charge in [-0.15, -0.1) is 0 Å². The predicted molar refractivity (Wildman–Crippen MR) is 330 cm³/mol. The molecule has 6 heterocycles. The molecule has 0 aliphatic heterocycles. The van der Waals surface area contributed by atoms with Gasteiger partial charge >= 0.3 is 17.1 Å². The molecule has 10 N–H and O–H groups in total. The number of nitrogen functional groups attached to an aromatic ring is 5. The Morgan fingerprint density at radius 3 is 1.33 bits per heavy atom. The van der Waals surface area contributed by atoms with Gasteiger partial charge < -0.3 is 51.3 Å². The van der Waals surface area contributed by atoms with Crippen molar-refractivity contribution in [3.8, 4) is 22.3 Å². The third-order valence-electron chi connectivity index (χ3n) is 6.27. The van der Waals surface area contributed by atoms with Gasteiger partial charge in [0.15, 0.2) is 0 Å². The van der Waals surface area contributed by atoms with Crippen molar-refractivity contribution in [2.75, 3.05) is 33.1 Å². The molecule has 0 aromatic carbocycles. The largest absolute Gasteiger partial charge is 0.396 e. The van der Waals surface area contributed by atoms with Crippen LogP contribution in [0.4, 0.5) is 45.5 Å². The van der Waals surface area contributed by atoms with E-state index in [0.717, 1.165) is 31.6 Å². The van der Waals surface area contributed by atoms with Crippen LogP contribution in [0.25, 0.3) is 22.3 Å². The second-order valence-corrected chi connectivity index (χ2v) is 33.7. The average Bonchev–Trinajstić information content (AvgIpc) is 3.24. The summed E-state index contributed by atoms with van der Waals surface area (Å²) in [6.45, 7) is 8.39. The van der Waals surface area contributed by atoms with Gasteiger partial charge in [0.1, 0.15) is 35.1 Å². The first-order valence-corrected chi connectivity index (χ1v) is 27.0. The van der Waals surface area contributed by atoms with Gasteiger partial charge in [-0.3, -0.25) is 64.7 Å². The van der Waals surface area contributed by atoms with E-state index in [1.807, 2.05) is 23.5 Å². The first kappa shape index (κ1) is 69.5. The van der Waals surface area contributed by atoms with Crippen LogP contribution in [0.1, 0.15) is 27.7 Å². The fourth-order valence-electron chi connectivity index (χ4n) is 3.73. The number of halogens is 8.